The normalized spacial score (nSPS) is 14.3. The molecule has 0 amide bonds. The molecule has 2 rings (SSSR count). The summed E-state index contributed by atoms with van der Waals surface area (Å²) in [5.41, 5.74) is 1.40. The van der Waals surface area contributed by atoms with Gasteiger partial charge in [0.15, 0.2) is 5.12 Å². The van der Waals surface area contributed by atoms with Crippen molar-refractivity contribution in [3.05, 3.63) is 42.1 Å². The van der Waals surface area contributed by atoms with Crippen molar-refractivity contribution in [1.82, 2.24) is 4.98 Å². The van der Waals surface area contributed by atoms with E-state index < -0.39 is 12.2 Å². The number of aliphatic hydroxyl groups excluding tert-OH is 2. The van der Waals surface area contributed by atoms with Gasteiger partial charge in [0.05, 0.1) is 11.6 Å². The first kappa shape index (κ1) is 14.0. The quantitative estimate of drug-likeness (QED) is 0.893. The molecule has 4 nitrogen and oxygen atoms in total. The summed E-state index contributed by atoms with van der Waals surface area (Å²) in [6.07, 6.45) is -0.333. The summed E-state index contributed by atoms with van der Waals surface area (Å²) in [5.74, 6) is 0.174. The summed E-state index contributed by atoms with van der Waals surface area (Å²) >= 11 is 1.00. The molecule has 1 aromatic heterocycles. The number of pyridine rings is 1. The molecule has 19 heavy (non-hydrogen) atoms. The molecule has 1 aromatic carbocycles. The Hall–Kier alpha value is -1.43. The molecule has 0 aliphatic heterocycles. The molecule has 100 valence electrons. The third-order valence-corrected chi connectivity index (χ3v) is 3.73. The topological polar surface area (TPSA) is 70.4 Å². The van der Waals surface area contributed by atoms with E-state index in [1.165, 1.54) is 6.92 Å². The van der Waals surface area contributed by atoms with E-state index in [4.69, 9.17) is 0 Å². The number of rotatable bonds is 4. The Kier molecular flexibility index (Phi) is 4.52. The van der Waals surface area contributed by atoms with Crippen LogP contribution in [0.3, 0.4) is 0 Å². The summed E-state index contributed by atoms with van der Waals surface area (Å²) in [6.45, 7) is 1.44. The smallest absolute Gasteiger partial charge is 0.185 e. The molecule has 0 radical (unpaired) electrons. The lowest BCUT2D eigenvalue weighted by molar-refractivity contribution is -0.109. The molecule has 0 saturated carbocycles. The van der Waals surface area contributed by atoms with Crippen molar-refractivity contribution in [2.24, 2.45) is 0 Å². The van der Waals surface area contributed by atoms with Crippen molar-refractivity contribution >= 4 is 27.8 Å². The highest BCUT2D eigenvalue weighted by molar-refractivity contribution is 8.13. The first-order valence-corrected chi connectivity index (χ1v) is 6.91. The Balaban J connectivity index is 2.25. The predicted molar refractivity (Wildman–Crippen MR) is 75.8 cm³/mol. The van der Waals surface area contributed by atoms with Crippen molar-refractivity contribution in [1.29, 1.82) is 0 Å². The maximum Gasteiger partial charge on any atom is 0.185 e. The van der Waals surface area contributed by atoms with E-state index >= 15 is 0 Å². The molecule has 5 heteroatoms. The number of thioether (sulfide) groups is 1. The van der Waals surface area contributed by atoms with Crippen LogP contribution in [0.15, 0.2) is 36.5 Å². The molecule has 1 heterocycles. The Morgan fingerprint density at radius 3 is 2.84 bits per heavy atom. The summed E-state index contributed by atoms with van der Waals surface area (Å²) in [4.78, 5) is 15.1. The number of nitrogens with zero attached hydrogens (tertiary/aromatic N) is 1. The zero-order valence-electron chi connectivity index (χ0n) is 10.5. The van der Waals surface area contributed by atoms with Crippen LogP contribution in [-0.2, 0) is 4.79 Å². The Labute approximate surface area is 115 Å². The van der Waals surface area contributed by atoms with Crippen LogP contribution in [0, 0.1) is 0 Å². The fraction of sp³-hybridized carbons (Fsp3) is 0.286. The number of aliphatic hydroxyl groups is 2. The van der Waals surface area contributed by atoms with Crippen molar-refractivity contribution in [2.75, 3.05) is 5.75 Å². The van der Waals surface area contributed by atoms with E-state index in [-0.39, 0.29) is 10.9 Å². The van der Waals surface area contributed by atoms with E-state index in [1.807, 2.05) is 12.1 Å². The van der Waals surface area contributed by atoms with Gasteiger partial charge in [0.2, 0.25) is 0 Å². The van der Waals surface area contributed by atoms with Gasteiger partial charge in [0.25, 0.3) is 0 Å². The van der Waals surface area contributed by atoms with Gasteiger partial charge in [-0.2, -0.15) is 0 Å². The number of benzene rings is 1. The number of fused-ring (bicyclic) bond motifs is 1. The molecule has 0 bridgehead atoms. The van der Waals surface area contributed by atoms with E-state index in [9.17, 15) is 15.0 Å². The van der Waals surface area contributed by atoms with Gasteiger partial charge in [-0.05, 0) is 17.7 Å². The van der Waals surface area contributed by atoms with Gasteiger partial charge < -0.3 is 10.2 Å². The standard InChI is InChI=1S/C14H15NO3S/c1-9(16)19-8-13(17)14(18)11-4-2-6-12-10(11)5-3-7-15-12/h2-7,13-14,17-18H,8H2,1H3. The lowest BCUT2D eigenvalue weighted by Gasteiger charge is -2.18. The lowest BCUT2D eigenvalue weighted by Crippen LogP contribution is -2.21. The molecule has 0 fully saturated rings. The summed E-state index contributed by atoms with van der Waals surface area (Å²) in [6, 6.07) is 9.04. The van der Waals surface area contributed by atoms with Gasteiger partial charge in [0.1, 0.15) is 6.10 Å². The van der Waals surface area contributed by atoms with Crippen LogP contribution in [0.2, 0.25) is 0 Å². The van der Waals surface area contributed by atoms with Crippen LogP contribution in [0.1, 0.15) is 18.6 Å². The Bertz CT molecular complexity index is 582. The fourth-order valence-corrected chi connectivity index (χ4v) is 2.47. The molecule has 2 aromatic rings. The third-order valence-electron chi connectivity index (χ3n) is 2.82. The molecule has 2 unspecified atom stereocenters. The number of carbonyl (C=O) groups excluding carboxylic acids is 1. The second kappa shape index (κ2) is 6.14. The van der Waals surface area contributed by atoms with E-state index in [0.717, 1.165) is 22.7 Å². The summed E-state index contributed by atoms with van der Waals surface area (Å²) in [7, 11) is 0. The summed E-state index contributed by atoms with van der Waals surface area (Å²) < 4.78 is 0. The highest BCUT2D eigenvalue weighted by Gasteiger charge is 2.21. The van der Waals surface area contributed by atoms with Crippen molar-refractivity contribution in [3.8, 4) is 0 Å². The maximum absolute atomic E-state index is 10.9. The number of hydrogen-bond donors (Lipinski definition) is 2. The Morgan fingerprint density at radius 2 is 2.11 bits per heavy atom. The zero-order chi connectivity index (χ0) is 13.8. The van der Waals surface area contributed by atoms with Crippen molar-refractivity contribution in [2.45, 2.75) is 19.1 Å². The van der Waals surface area contributed by atoms with Crippen molar-refractivity contribution < 1.29 is 15.0 Å². The SMILES string of the molecule is CC(=O)SCC(O)C(O)c1cccc2ncccc12. The highest BCUT2D eigenvalue weighted by Crippen LogP contribution is 2.26. The predicted octanol–water partition coefficient (Wildman–Crippen LogP) is 1.91. The third kappa shape index (κ3) is 3.32. The monoisotopic (exact) mass is 277 g/mol. The highest BCUT2D eigenvalue weighted by atomic mass is 32.2. The minimum absolute atomic E-state index is 0.0779. The number of aromatic nitrogens is 1. The maximum atomic E-state index is 10.9. The van der Waals surface area contributed by atoms with Crippen LogP contribution in [0.5, 0.6) is 0 Å². The minimum Gasteiger partial charge on any atom is -0.389 e. The second-order valence-electron chi connectivity index (χ2n) is 4.23. The molecule has 0 saturated heterocycles. The van der Waals surface area contributed by atoms with Gasteiger partial charge in [-0.1, -0.05) is 30.0 Å². The average Bonchev–Trinajstić information content (AvgIpc) is 2.43. The lowest BCUT2D eigenvalue weighted by atomic mass is 10.0. The zero-order valence-corrected chi connectivity index (χ0v) is 11.3. The van der Waals surface area contributed by atoms with Crippen molar-refractivity contribution in [3.63, 3.8) is 0 Å². The van der Waals surface area contributed by atoms with Crippen LogP contribution in [0.25, 0.3) is 10.9 Å². The minimum atomic E-state index is -1.03. The molecule has 0 aliphatic carbocycles. The molecule has 0 spiro atoms. The molecule has 0 aliphatic rings. The molecule has 2 N–H and O–H groups in total. The first-order chi connectivity index (χ1) is 9.09. The van der Waals surface area contributed by atoms with Gasteiger partial charge in [-0.15, -0.1) is 0 Å². The van der Waals surface area contributed by atoms with Crippen LogP contribution in [-0.4, -0.2) is 32.2 Å². The first-order valence-electron chi connectivity index (χ1n) is 5.92. The summed E-state index contributed by atoms with van der Waals surface area (Å²) in [5, 5.41) is 20.9. The van der Waals surface area contributed by atoms with Crippen LogP contribution >= 0.6 is 11.8 Å². The van der Waals surface area contributed by atoms with Crippen LogP contribution < -0.4 is 0 Å². The fourth-order valence-electron chi connectivity index (χ4n) is 1.89. The second-order valence-corrected chi connectivity index (χ2v) is 5.43. The number of hydrogen-bond acceptors (Lipinski definition) is 5. The molecule has 2 atom stereocenters. The van der Waals surface area contributed by atoms with E-state index in [1.54, 1.807) is 24.4 Å². The van der Waals surface area contributed by atoms with Gasteiger partial charge in [-0.3, -0.25) is 9.78 Å². The van der Waals surface area contributed by atoms with E-state index in [2.05, 4.69) is 4.98 Å². The average molecular weight is 277 g/mol. The Morgan fingerprint density at radius 1 is 1.32 bits per heavy atom. The van der Waals surface area contributed by atoms with Gasteiger partial charge in [-0.25, -0.2) is 0 Å². The van der Waals surface area contributed by atoms with Gasteiger partial charge >= 0.3 is 0 Å². The van der Waals surface area contributed by atoms with Crippen LogP contribution in [0.4, 0.5) is 0 Å². The molecular weight excluding hydrogens is 262 g/mol. The largest absolute Gasteiger partial charge is 0.389 e. The van der Waals surface area contributed by atoms with E-state index in [0.29, 0.717) is 5.56 Å². The molecular formula is C14H15NO3S. The number of carbonyl (C=O) groups is 1. The van der Waals surface area contributed by atoms with Gasteiger partial charge in [0, 0.05) is 24.3 Å².